The Kier molecular flexibility index (Phi) is 10.4. The zero-order chi connectivity index (χ0) is 32.8. The fourth-order valence-corrected chi connectivity index (χ4v) is 7.11. The average Bonchev–Trinajstić information content (AvgIpc) is 3.00. The molecule has 3 N–H and O–H groups in total. The molecule has 3 aromatic carbocycles. The Balaban J connectivity index is 1.52. The maximum absolute atomic E-state index is 13.2. The largest absolute Gasteiger partial charge is 0.384 e. The second kappa shape index (κ2) is 14.0. The third-order valence-electron chi connectivity index (χ3n) is 7.41. The van der Waals surface area contributed by atoms with Gasteiger partial charge < -0.3 is 10.1 Å². The number of benzene rings is 3. The molecule has 0 heterocycles. The molecular weight excluding hydrogens is 630 g/mol. The van der Waals surface area contributed by atoms with E-state index in [9.17, 15) is 41.9 Å². The van der Waals surface area contributed by atoms with Crippen molar-refractivity contribution in [2.45, 2.75) is 35.5 Å². The zero-order valence-corrected chi connectivity index (χ0v) is 25.7. The summed E-state index contributed by atoms with van der Waals surface area (Å²) in [7, 11) is -7.54. The van der Waals surface area contributed by atoms with Gasteiger partial charge in [0.2, 0.25) is 0 Å². The van der Waals surface area contributed by atoms with E-state index in [1.165, 1.54) is 30.3 Å². The number of ether oxygens (including phenoxy) is 1. The van der Waals surface area contributed by atoms with Crippen molar-refractivity contribution in [3.63, 3.8) is 0 Å². The number of rotatable bonds is 13. The Hall–Kier alpha value is -4.61. The Labute approximate surface area is 259 Å². The van der Waals surface area contributed by atoms with Crippen LogP contribution in [-0.2, 0) is 24.8 Å². The summed E-state index contributed by atoms with van der Waals surface area (Å²) >= 11 is 0. The number of hydrogen-bond acceptors (Lipinski definition) is 11. The first-order valence-electron chi connectivity index (χ1n) is 13.8. The number of nitro benzene ring substituents is 2. The molecule has 17 heteroatoms. The fourth-order valence-electron chi connectivity index (χ4n) is 5.02. The van der Waals surface area contributed by atoms with Gasteiger partial charge in [-0.05, 0) is 73.9 Å². The predicted molar refractivity (Wildman–Crippen MR) is 164 cm³/mol. The van der Waals surface area contributed by atoms with Gasteiger partial charge >= 0.3 is 0 Å². The lowest BCUT2D eigenvalue weighted by Crippen LogP contribution is -2.30. The molecule has 45 heavy (non-hydrogen) atoms. The zero-order valence-electron chi connectivity index (χ0n) is 24.0. The summed E-state index contributed by atoms with van der Waals surface area (Å²) in [6.45, 7) is 1.15. The maximum atomic E-state index is 13.2. The van der Waals surface area contributed by atoms with Crippen LogP contribution in [0, 0.1) is 32.1 Å². The molecular formula is C28H31N5O10S2. The van der Waals surface area contributed by atoms with Gasteiger partial charge in [-0.3, -0.25) is 29.7 Å². The predicted octanol–water partition coefficient (Wildman–Crippen LogP) is 4.29. The van der Waals surface area contributed by atoms with Crippen LogP contribution in [0.5, 0.6) is 0 Å². The van der Waals surface area contributed by atoms with Crippen LogP contribution in [-0.4, -0.2) is 52.9 Å². The summed E-state index contributed by atoms with van der Waals surface area (Å²) in [5.74, 6) is -0.215. The summed E-state index contributed by atoms with van der Waals surface area (Å²) in [6, 6.07) is 12.9. The number of hydrogen-bond donors (Lipinski definition) is 3. The van der Waals surface area contributed by atoms with E-state index in [2.05, 4.69) is 5.32 Å². The van der Waals surface area contributed by atoms with Crippen molar-refractivity contribution in [3.05, 3.63) is 92.5 Å². The van der Waals surface area contributed by atoms with Gasteiger partial charge in [0.25, 0.3) is 37.3 Å². The molecule has 1 fully saturated rings. The number of carbonyl (C=O) groups is 1. The molecule has 1 aliphatic rings. The number of methoxy groups -OCH3 is 1. The third-order valence-corrected chi connectivity index (χ3v) is 10.1. The van der Waals surface area contributed by atoms with Crippen LogP contribution in [0.25, 0.3) is 0 Å². The van der Waals surface area contributed by atoms with Crippen LogP contribution in [0.15, 0.2) is 76.5 Å². The molecule has 4 rings (SSSR count). The maximum Gasteiger partial charge on any atom is 0.294 e. The lowest BCUT2D eigenvalue weighted by Gasteiger charge is -2.28. The molecule has 15 nitrogen and oxygen atoms in total. The number of nitrogens with one attached hydrogen (secondary N) is 3. The summed E-state index contributed by atoms with van der Waals surface area (Å²) in [5, 5.41) is 26.7. The number of nitrogens with zero attached hydrogens (tertiary/aromatic N) is 2. The summed E-state index contributed by atoms with van der Waals surface area (Å²) in [4.78, 5) is 33.0. The molecule has 0 aliphatic heterocycles. The minimum Gasteiger partial charge on any atom is -0.384 e. The molecule has 0 aromatic heterocycles. The van der Waals surface area contributed by atoms with Crippen LogP contribution in [0.2, 0.25) is 0 Å². The quantitative estimate of drug-likeness (QED) is 0.173. The SMILES string of the molecule is COCC1CCC(CNc2ccc(S(=O)(=O)Nc3ccc(S(=O)(=O)NC(=O)c4ccccc4)cc3[N+](=O)[O-])cc2[N+](=O)[O-])CC1. The van der Waals surface area contributed by atoms with Gasteiger partial charge in [-0.25, -0.2) is 21.6 Å². The lowest BCUT2D eigenvalue weighted by molar-refractivity contribution is -0.384. The molecule has 1 aliphatic carbocycles. The van der Waals surface area contributed by atoms with E-state index in [0.29, 0.717) is 25.1 Å². The second-order valence-corrected chi connectivity index (χ2v) is 13.9. The molecule has 3 aromatic rings. The van der Waals surface area contributed by atoms with E-state index in [4.69, 9.17) is 4.74 Å². The Morgan fingerprint density at radius 3 is 1.91 bits per heavy atom. The van der Waals surface area contributed by atoms with Crippen molar-refractivity contribution in [1.82, 2.24) is 4.72 Å². The first kappa shape index (κ1) is 33.3. The van der Waals surface area contributed by atoms with Gasteiger partial charge in [0.15, 0.2) is 0 Å². The van der Waals surface area contributed by atoms with Crippen LogP contribution in [0.1, 0.15) is 36.0 Å². The van der Waals surface area contributed by atoms with Gasteiger partial charge in [0.05, 0.1) is 19.6 Å². The van der Waals surface area contributed by atoms with E-state index in [0.717, 1.165) is 49.9 Å². The second-order valence-electron chi connectivity index (χ2n) is 10.5. The molecule has 0 bridgehead atoms. The van der Waals surface area contributed by atoms with Gasteiger partial charge in [0, 0.05) is 38.0 Å². The van der Waals surface area contributed by atoms with E-state index >= 15 is 0 Å². The molecule has 1 saturated carbocycles. The van der Waals surface area contributed by atoms with E-state index < -0.39 is 62.7 Å². The summed E-state index contributed by atoms with van der Waals surface area (Å²) < 4.78 is 60.9. The average molecular weight is 662 g/mol. The van der Waals surface area contributed by atoms with Crippen molar-refractivity contribution in [2.24, 2.45) is 11.8 Å². The Morgan fingerprint density at radius 2 is 1.33 bits per heavy atom. The minimum atomic E-state index is -4.61. The number of sulfonamides is 2. The van der Waals surface area contributed by atoms with Crippen molar-refractivity contribution >= 4 is 48.7 Å². The first-order chi connectivity index (χ1) is 21.3. The van der Waals surface area contributed by atoms with Crippen molar-refractivity contribution in [1.29, 1.82) is 0 Å². The monoisotopic (exact) mass is 661 g/mol. The molecule has 0 atom stereocenters. The van der Waals surface area contributed by atoms with Crippen LogP contribution in [0.4, 0.5) is 22.7 Å². The molecule has 0 saturated heterocycles. The standard InChI is InChI=1S/C28H31N5O10S2/c1-43-18-20-9-7-19(8-10-20)17-29-24-13-11-22(15-26(24)32(35)36)44(39,40)30-25-14-12-23(16-27(25)33(37)38)45(41,42)31-28(34)21-5-3-2-4-6-21/h2-6,11-16,19-20,29-30H,7-10,17-18H2,1H3,(H,31,34). The Morgan fingerprint density at radius 1 is 0.800 bits per heavy atom. The summed E-state index contributed by atoms with van der Waals surface area (Å²) in [6.07, 6.45) is 3.80. The summed E-state index contributed by atoms with van der Waals surface area (Å²) in [5.41, 5.74) is -1.88. The van der Waals surface area contributed by atoms with Crippen molar-refractivity contribution in [3.8, 4) is 0 Å². The molecule has 0 radical (unpaired) electrons. The van der Waals surface area contributed by atoms with Crippen LogP contribution in [0.3, 0.4) is 0 Å². The van der Waals surface area contributed by atoms with Gasteiger partial charge in [-0.2, -0.15) is 0 Å². The topological polar surface area (TPSA) is 217 Å². The van der Waals surface area contributed by atoms with E-state index in [1.54, 1.807) is 17.9 Å². The van der Waals surface area contributed by atoms with Gasteiger partial charge in [-0.1, -0.05) is 18.2 Å². The number of nitro groups is 2. The van der Waals surface area contributed by atoms with Crippen molar-refractivity contribution < 1.29 is 36.2 Å². The molecule has 240 valence electrons. The highest BCUT2D eigenvalue weighted by molar-refractivity contribution is 7.92. The Bertz CT molecular complexity index is 1790. The molecule has 1 amide bonds. The lowest BCUT2D eigenvalue weighted by atomic mass is 9.82. The van der Waals surface area contributed by atoms with Crippen molar-refractivity contribution in [2.75, 3.05) is 30.3 Å². The number of anilines is 2. The van der Waals surface area contributed by atoms with Gasteiger partial charge in [0.1, 0.15) is 11.4 Å². The highest BCUT2D eigenvalue weighted by Crippen LogP contribution is 2.34. The number of amides is 1. The van der Waals surface area contributed by atoms with E-state index in [1.807, 2.05) is 4.72 Å². The third kappa shape index (κ3) is 8.31. The van der Waals surface area contributed by atoms with Crippen LogP contribution >= 0.6 is 0 Å². The highest BCUT2D eigenvalue weighted by atomic mass is 32.2. The smallest absolute Gasteiger partial charge is 0.294 e. The normalized spacial score (nSPS) is 16.8. The van der Waals surface area contributed by atoms with Gasteiger partial charge in [-0.15, -0.1) is 0 Å². The first-order valence-corrected chi connectivity index (χ1v) is 16.7. The minimum absolute atomic E-state index is 0.0281. The highest BCUT2D eigenvalue weighted by Gasteiger charge is 2.28. The molecule has 0 spiro atoms. The van der Waals surface area contributed by atoms with Crippen LogP contribution < -0.4 is 14.8 Å². The fraction of sp³-hybridized carbons (Fsp3) is 0.321. The molecule has 0 unspecified atom stereocenters. The number of carbonyl (C=O) groups excluding carboxylic acids is 1. The van der Waals surface area contributed by atoms with E-state index in [-0.39, 0.29) is 17.2 Å².